The number of carbonyl (C=O) groups is 1. The number of anilines is 1. The lowest BCUT2D eigenvalue weighted by Gasteiger charge is -2.08. The van der Waals surface area contributed by atoms with Crippen LogP contribution in [0.5, 0.6) is 0 Å². The first-order valence-electron chi connectivity index (χ1n) is 9.06. The monoisotopic (exact) mass is 383 g/mol. The van der Waals surface area contributed by atoms with Gasteiger partial charge in [0.2, 0.25) is 0 Å². The molecule has 4 aromatic rings. The van der Waals surface area contributed by atoms with Gasteiger partial charge >= 0.3 is 5.97 Å². The van der Waals surface area contributed by atoms with E-state index in [1.165, 1.54) is 4.52 Å². The zero-order valence-electron chi connectivity index (χ0n) is 15.7. The Morgan fingerprint density at radius 1 is 1.07 bits per heavy atom. The number of hydrogen-bond acceptors (Lipinski definition) is 6. The molecule has 2 aromatic heterocycles. The van der Waals surface area contributed by atoms with Crippen LogP contribution in [0.1, 0.15) is 22.8 Å². The Morgan fingerprint density at radius 2 is 1.66 bits per heavy atom. The molecule has 0 aliphatic carbocycles. The van der Waals surface area contributed by atoms with E-state index in [-0.39, 0.29) is 29.2 Å². The molecule has 0 saturated carbocycles. The second-order valence-electron chi connectivity index (χ2n) is 6.24. The van der Waals surface area contributed by atoms with Crippen LogP contribution in [-0.4, -0.2) is 27.2 Å². The van der Waals surface area contributed by atoms with Gasteiger partial charge in [-0.3, -0.25) is 0 Å². The highest BCUT2D eigenvalue weighted by Gasteiger charge is 2.27. The summed E-state index contributed by atoms with van der Waals surface area (Å²) in [5, 5.41) is 14.2. The Bertz CT molecular complexity index is 1240. The normalized spacial score (nSPS) is 10.6. The lowest BCUT2D eigenvalue weighted by Crippen LogP contribution is -2.09. The number of carbonyl (C=O) groups excluding carboxylic acids is 1. The van der Waals surface area contributed by atoms with Crippen molar-refractivity contribution in [3.05, 3.63) is 71.8 Å². The van der Waals surface area contributed by atoms with Gasteiger partial charge in [0.1, 0.15) is 28.7 Å². The predicted molar refractivity (Wildman–Crippen MR) is 109 cm³/mol. The molecule has 2 N–H and O–H groups in total. The Balaban J connectivity index is 2.09. The standard InChI is InChI=1S/C22H17N5O2/c1-2-29-22(28)17-19(15-11-7-4-8-12-15)26-27-20(24)16(13-23)18(25-21(17)27)14-9-5-3-6-10-14/h3-12H,2,24H2,1H3. The van der Waals surface area contributed by atoms with Crippen LogP contribution in [0.15, 0.2) is 60.7 Å². The van der Waals surface area contributed by atoms with Gasteiger partial charge in [0.05, 0.1) is 12.3 Å². The Hall–Kier alpha value is -4.18. The third-order valence-corrected chi connectivity index (χ3v) is 4.49. The van der Waals surface area contributed by atoms with E-state index >= 15 is 0 Å². The number of fused-ring (bicyclic) bond motifs is 1. The fourth-order valence-corrected chi connectivity index (χ4v) is 3.17. The van der Waals surface area contributed by atoms with Crippen molar-refractivity contribution in [2.75, 3.05) is 12.3 Å². The van der Waals surface area contributed by atoms with E-state index < -0.39 is 5.97 Å². The van der Waals surface area contributed by atoms with Gasteiger partial charge in [0, 0.05) is 11.1 Å². The molecule has 0 saturated heterocycles. The van der Waals surface area contributed by atoms with Crippen molar-refractivity contribution in [3.63, 3.8) is 0 Å². The predicted octanol–water partition coefficient (Wildman–Crippen LogP) is 3.69. The first-order chi connectivity index (χ1) is 14.2. The van der Waals surface area contributed by atoms with Crippen molar-refractivity contribution in [1.82, 2.24) is 14.6 Å². The summed E-state index contributed by atoms with van der Waals surface area (Å²) in [6.07, 6.45) is 0. The Morgan fingerprint density at radius 3 is 2.21 bits per heavy atom. The Labute approximate surface area is 167 Å². The quantitative estimate of drug-likeness (QED) is 0.539. The van der Waals surface area contributed by atoms with Gasteiger partial charge < -0.3 is 10.5 Å². The first-order valence-corrected chi connectivity index (χ1v) is 9.06. The molecule has 0 spiro atoms. The van der Waals surface area contributed by atoms with Gasteiger partial charge in [-0.15, -0.1) is 0 Å². The first kappa shape index (κ1) is 18.2. The fraction of sp³-hybridized carbons (Fsp3) is 0.0909. The molecule has 7 nitrogen and oxygen atoms in total. The molecule has 0 atom stereocenters. The maximum absolute atomic E-state index is 12.8. The molecule has 0 aliphatic rings. The van der Waals surface area contributed by atoms with Crippen molar-refractivity contribution in [2.24, 2.45) is 0 Å². The third-order valence-electron chi connectivity index (χ3n) is 4.49. The van der Waals surface area contributed by atoms with Crippen LogP contribution < -0.4 is 5.73 Å². The number of ether oxygens (including phenoxy) is 1. The number of nitrogens with zero attached hydrogens (tertiary/aromatic N) is 4. The van der Waals surface area contributed by atoms with Crippen molar-refractivity contribution in [1.29, 1.82) is 5.26 Å². The van der Waals surface area contributed by atoms with E-state index in [2.05, 4.69) is 16.2 Å². The number of aromatic nitrogens is 3. The molecule has 0 unspecified atom stereocenters. The van der Waals surface area contributed by atoms with Crippen molar-refractivity contribution >= 4 is 17.4 Å². The van der Waals surface area contributed by atoms with Crippen molar-refractivity contribution < 1.29 is 9.53 Å². The molecular formula is C22H17N5O2. The van der Waals surface area contributed by atoms with Crippen LogP contribution in [0.25, 0.3) is 28.2 Å². The fourth-order valence-electron chi connectivity index (χ4n) is 3.17. The average Bonchev–Trinajstić information content (AvgIpc) is 3.15. The number of esters is 1. The van der Waals surface area contributed by atoms with E-state index in [0.29, 0.717) is 11.4 Å². The summed E-state index contributed by atoms with van der Waals surface area (Å²) in [6.45, 7) is 1.94. The van der Waals surface area contributed by atoms with E-state index in [1.54, 1.807) is 6.92 Å². The van der Waals surface area contributed by atoms with Crippen LogP contribution in [0.4, 0.5) is 5.82 Å². The van der Waals surface area contributed by atoms with Crippen molar-refractivity contribution in [3.8, 4) is 28.6 Å². The molecule has 0 amide bonds. The summed E-state index contributed by atoms with van der Waals surface area (Å²) in [6, 6.07) is 20.6. The molecule has 29 heavy (non-hydrogen) atoms. The lowest BCUT2D eigenvalue weighted by molar-refractivity contribution is 0.0529. The van der Waals surface area contributed by atoms with E-state index in [1.807, 2.05) is 60.7 Å². The molecule has 0 fully saturated rings. The van der Waals surface area contributed by atoms with Crippen LogP contribution in [0.3, 0.4) is 0 Å². The zero-order chi connectivity index (χ0) is 20.4. The molecule has 7 heteroatoms. The van der Waals surface area contributed by atoms with Crippen molar-refractivity contribution in [2.45, 2.75) is 6.92 Å². The number of nitriles is 1. The minimum absolute atomic E-state index is 0.115. The van der Waals surface area contributed by atoms with E-state index in [4.69, 9.17) is 10.5 Å². The molecule has 2 heterocycles. The minimum atomic E-state index is -0.544. The smallest absolute Gasteiger partial charge is 0.344 e. The molecule has 142 valence electrons. The van der Waals surface area contributed by atoms with Gasteiger partial charge in [-0.25, -0.2) is 9.78 Å². The molecule has 2 aromatic carbocycles. The largest absolute Gasteiger partial charge is 0.462 e. The minimum Gasteiger partial charge on any atom is -0.462 e. The molecule has 4 rings (SSSR count). The number of benzene rings is 2. The summed E-state index contributed by atoms with van der Waals surface area (Å²) in [5.41, 5.74) is 9.18. The number of nitrogens with two attached hydrogens (primary N) is 1. The SMILES string of the molecule is CCOC(=O)c1c(-c2ccccc2)nn2c(N)c(C#N)c(-c3ccccc3)nc12. The molecule has 0 bridgehead atoms. The number of hydrogen-bond donors (Lipinski definition) is 1. The molecular weight excluding hydrogens is 366 g/mol. The van der Waals surface area contributed by atoms with Gasteiger partial charge in [-0.2, -0.15) is 14.9 Å². The number of rotatable bonds is 4. The van der Waals surface area contributed by atoms with Gasteiger partial charge in [-0.1, -0.05) is 60.7 Å². The van der Waals surface area contributed by atoms with E-state index in [9.17, 15) is 10.1 Å². The maximum atomic E-state index is 12.8. The van der Waals surface area contributed by atoms with Crippen LogP contribution in [-0.2, 0) is 4.74 Å². The van der Waals surface area contributed by atoms with Crippen LogP contribution in [0.2, 0.25) is 0 Å². The summed E-state index contributed by atoms with van der Waals surface area (Å²) >= 11 is 0. The average molecular weight is 383 g/mol. The zero-order valence-corrected chi connectivity index (χ0v) is 15.7. The molecule has 0 radical (unpaired) electrons. The third kappa shape index (κ3) is 3.07. The second kappa shape index (κ2) is 7.44. The highest BCUT2D eigenvalue weighted by molar-refractivity contribution is 6.03. The summed E-state index contributed by atoms with van der Waals surface area (Å²) in [4.78, 5) is 17.4. The van der Waals surface area contributed by atoms with E-state index in [0.717, 1.165) is 11.1 Å². The highest BCUT2D eigenvalue weighted by atomic mass is 16.5. The van der Waals surface area contributed by atoms with Gasteiger partial charge in [0.25, 0.3) is 0 Å². The summed E-state index contributed by atoms with van der Waals surface area (Å²) in [5.74, 6) is -0.430. The summed E-state index contributed by atoms with van der Waals surface area (Å²) in [7, 11) is 0. The second-order valence-corrected chi connectivity index (χ2v) is 6.24. The van der Waals surface area contributed by atoms with Gasteiger partial charge in [0.15, 0.2) is 5.65 Å². The Kier molecular flexibility index (Phi) is 4.67. The molecule has 0 aliphatic heterocycles. The van der Waals surface area contributed by atoms with Crippen LogP contribution in [0, 0.1) is 11.3 Å². The lowest BCUT2D eigenvalue weighted by atomic mass is 10.1. The topological polar surface area (TPSA) is 106 Å². The van der Waals surface area contributed by atoms with Crippen LogP contribution >= 0.6 is 0 Å². The summed E-state index contributed by atoms with van der Waals surface area (Å²) < 4.78 is 6.59. The maximum Gasteiger partial charge on any atom is 0.344 e. The van der Waals surface area contributed by atoms with Gasteiger partial charge in [-0.05, 0) is 6.92 Å². The number of nitrogen functional groups attached to an aromatic ring is 1. The highest BCUT2D eigenvalue weighted by Crippen LogP contribution is 2.32.